The average Bonchev–Trinajstić information content (AvgIpc) is 2.76. The Bertz CT molecular complexity index is 906. The van der Waals surface area contributed by atoms with E-state index in [4.69, 9.17) is 30.5 Å². The first-order chi connectivity index (χ1) is 16.1. The molecule has 0 aromatic heterocycles. The predicted molar refractivity (Wildman–Crippen MR) is 140 cm³/mol. The van der Waals surface area contributed by atoms with E-state index in [-0.39, 0.29) is 25.8 Å². The molecule has 0 aliphatic carbocycles. The SMILES string of the molecule is COCCOCOc1c(I)cc(Cl)cc1C(CC(=O)OC(C)(C)C)N[C@@H](CO)c1ccccc1. The second kappa shape index (κ2) is 14.2. The number of rotatable bonds is 13. The van der Waals surface area contributed by atoms with Crippen LogP contribution in [0.3, 0.4) is 0 Å². The molecule has 0 aliphatic rings. The number of hydrogen-bond acceptors (Lipinski definition) is 7. The zero-order valence-corrected chi connectivity index (χ0v) is 22.9. The van der Waals surface area contributed by atoms with Gasteiger partial charge in [-0.15, -0.1) is 0 Å². The number of aliphatic hydroxyl groups excluding tert-OH is 1. The number of carbonyl (C=O) groups is 1. The summed E-state index contributed by atoms with van der Waals surface area (Å²) in [5.74, 6) is 0.167. The quantitative estimate of drug-likeness (QED) is 0.143. The van der Waals surface area contributed by atoms with E-state index in [1.807, 2.05) is 51.1 Å². The number of aliphatic hydroxyl groups is 1. The topological polar surface area (TPSA) is 86.3 Å². The first kappa shape index (κ1) is 28.8. The molecule has 0 saturated carbocycles. The summed E-state index contributed by atoms with van der Waals surface area (Å²) in [7, 11) is 1.60. The van der Waals surface area contributed by atoms with Crippen molar-refractivity contribution in [2.75, 3.05) is 33.7 Å². The molecular weight excluding hydrogens is 573 g/mol. The summed E-state index contributed by atoms with van der Waals surface area (Å²) >= 11 is 8.54. The van der Waals surface area contributed by atoms with Gasteiger partial charge in [-0.25, -0.2) is 0 Å². The summed E-state index contributed by atoms with van der Waals surface area (Å²) in [5, 5.41) is 14.0. The lowest BCUT2D eigenvalue weighted by molar-refractivity contribution is -0.155. The van der Waals surface area contributed by atoms with E-state index < -0.39 is 17.7 Å². The first-order valence-electron chi connectivity index (χ1n) is 11.0. The van der Waals surface area contributed by atoms with E-state index in [9.17, 15) is 9.90 Å². The summed E-state index contributed by atoms with van der Waals surface area (Å²) in [4.78, 5) is 12.8. The Labute approximate surface area is 220 Å². The highest BCUT2D eigenvalue weighted by molar-refractivity contribution is 14.1. The lowest BCUT2D eigenvalue weighted by atomic mass is 9.99. The van der Waals surface area contributed by atoms with Crippen LogP contribution in [0.5, 0.6) is 5.75 Å². The van der Waals surface area contributed by atoms with Gasteiger partial charge in [0.2, 0.25) is 0 Å². The van der Waals surface area contributed by atoms with Gasteiger partial charge in [-0.1, -0.05) is 41.9 Å². The fourth-order valence-electron chi connectivity index (χ4n) is 3.28. The summed E-state index contributed by atoms with van der Waals surface area (Å²) in [6, 6.07) is 12.1. The van der Waals surface area contributed by atoms with Gasteiger partial charge in [-0.05, 0) is 61.1 Å². The highest BCUT2D eigenvalue weighted by atomic mass is 127. The molecule has 7 nitrogen and oxygen atoms in total. The smallest absolute Gasteiger partial charge is 0.308 e. The van der Waals surface area contributed by atoms with Gasteiger partial charge < -0.3 is 29.4 Å². The molecule has 0 radical (unpaired) electrons. The van der Waals surface area contributed by atoms with Crippen LogP contribution in [-0.2, 0) is 19.0 Å². The van der Waals surface area contributed by atoms with Crippen molar-refractivity contribution in [3.05, 3.63) is 62.2 Å². The molecular formula is C25H33ClINO6. The standard InChI is InChI=1S/C25H33ClINO6/c1-25(2,3)34-23(30)14-21(28-22(15-29)17-8-6-5-7-9-17)19-12-18(26)13-20(27)24(19)33-16-32-11-10-31-4/h5-9,12-13,21-22,28-29H,10-11,14-16H2,1-4H3/t21?,22-/m0/s1. The van der Waals surface area contributed by atoms with Crippen molar-refractivity contribution in [3.63, 3.8) is 0 Å². The van der Waals surface area contributed by atoms with Crippen molar-refractivity contribution in [1.82, 2.24) is 5.32 Å². The average molecular weight is 606 g/mol. The van der Waals surface area contributed by atoms with Gasteiger partial charge in [0.1, 0.15) is 11.4 Å². The third-order valence-corrected chi connectivity index (χ3v) is 5.73. The largest absolute Gasteiger partial charge is 0.466 e. The minimum Gasteiger partial charge on any atom is -0.466 e. The maximum absolute atomic E-state index is 12.8. The maximum Gasteiger partial charge on any atom is 0.308 e. The number of benzene rings is 2. The fourth-order valence-corrected chi connectivity index (χ4v) is 4.50. The molecule has 34 heavy (non-hydrogen) atoms. The normalized spacial score (nSPS) is 13.4. The van der Waals surface area contributed by atoms with Crippen molar-refractivity contribution in [2.45, 2.75) is 44.9 Å². The van der Waals surface area contributed by atoms with Crippen LogP contribution in [0.15, 0.2) is 42.5 Å². The van der Waals surface area contributed by atoms with Gasteiger partial charge in [0, 0.05) is 23.7 Å². The van der Waals surface area contributed by atoms with Gasteiger partial charge in [0.15, 0.2) is 6.79 Å². The van der Waals surface area contributed by atoms with E-state index in [2.05, 4.69) is 27.9 Å². The van der Waals surface area contributed by atoms with Gasteiger partial charge in [0.05, 0.1) is 35.9 Å². The molecule has 2 rings (SSSR count). The zero-order chi connectivity index (χ0) is 25.1. The lowest BCUT2D eigenvalue weighted by Gasteiger charge is -2.28. The number of nitrogens with one attached hydrogen (secondary N) is 1. The second-order valence-corrected chi connectivity index (χ2v) is 10.2. The Hall–Kier alpha value is -1.43. The molecule has 2 aromatic carbocycles. The number of methoxy groups -OCH3 is 1. The van der Waals surface area contributed by atoms with Gasteiger partial charge in [-0.3, -0.25) is 4.79 Å². The van der Waals surface area contributed by atoms with E-state index in [0.717, 1.165) is 9.13 Å². The number of carbonyl (C=O) groups excluding carboxylic acids is 1. The third kappa shape index (κ3) is 9.67. The maximum atomic E-state index is 12.8. The van der Waals surface area contributed by atoms with Crippen LogP contribution < -0.4 is 10.1 Å². The molecule has 0 amide bonds. The van der Waals surface area contributed by atoms with Crippen molar-refractivity contribution in [2.24, 2.45) is 0 Å². The van der Waals surface area contributed by atoms with Crippen LogP contribution in [0.2, 0.25) is 5.02 Å². The Morgan fingerprint density at radius 3 is 2.47 bits per heavy atom. The molecule has 2 aromatic rings. The Morgan fingerprint density at radius 1 is 1.15 bits per heavy atom. The number of ether oxygens (including phenoxy) is 4. The van der Waals surface area contributed by atoms with E-state index >= 15 is 0 Å². The second-order valence-electron chi connectivity index (χ2n) is 8.62. The van der Waals surface area contributed by atoms with Crippen molar-refractivity contribution >= 4 is 40.2 Å². The summed E-state index contributed by atoms with van der Waals surface area (Å²) < 4.78 is 22.8. The number of esters is 1. The monoisotopic (exact) mass is 605 g/mol. The van der Waals surface area contributed by atoms with E-state index in [1.165, 1.54) is 0 Å². The molecule has 0 saturated heterocycles. The van der Waals surface area contributed by atoms with Crippen LogP contribution in [0.4, 0.5) is 0 Å². The number of hydrogen-bond donors (Lipinski definition) is 2. The Balaban J connectivity index is 2.39. The molecule has 0 spiro atoms. The molecule has 0 fully saturated rings. The van der Waals surface area contributed by atoms with Crippen LogP contribution in [0.25, 0.3) is 0 Å². The molecule has 2 N–H and O–H groups in total. The van der Waals surface area contributed by atoms with Crippen LogP contribution >= 0.6 is 34.2 Å². The molecule has 188 valence electrons. The minimum absolute atomic E-state index is 0.00919. The van der Waals surface area contributed by atoms with Gasteiger partial charge in [-0.2, -0.15) is 0 Å². The Morgan fingerprint density at radius 2 is 1.85 bits per heavy atom. The summed E-state index contributed by atoms with van der Waals surface area (Å²) in [5.41, 5.74) is 0.933. The molecule has 1 unspecified atom stereocenters. The van der Waals surface area contributed by atoms with Crippen molar-refractivity contribution in [1.29, 1.82) is 0 Å². The van der Waals surface area contributed by atoms with Crippen molar-refractivity contribution in [3.8, 4) is 5.75 Å². The lowest BCUT2D eigenvalue weighted by Crippen LogP contribution is -2.33. The molecule has 0 bridgehead atoms. The zero-order valence-electron chi connectivity index (χ0n) is 20.0. The van der Waals surface area contributed by atoms with Gasteiger partial charge >= 0.3 is 5.97 Å². The van der Waals surface area contributed by atoms with E-state index in [0.29, 0.717) is 29.5 Å². The number of halogens is 2. The fraction of sp³-hybridized carbons (Fsp3) is 0.480. The minimum atomic E-state index is -0.630. The van der Waals surface area contributed by atoms with Crippen LogP contribution in [0, 0.1) is 3.57 Å². The van der Waals surface area contributed by atoms with Crippen LogP contribution in [0.1, 0.15) is 50.4 Å². The highest BCUT2D eigenvalue weighted by Crippen LogP contribution is 2.36. The van der Waals surface area contributed by atoms with Crippen LogP contribution in [-0.4, -0.2) is 50.4 Å². The molecule has 0 aliphatic heterocycles. The summed E-state index contributed by atoms with van der Waals surface area (Å²) in [6.45, 7) is 6.15. The third-order valence-electron chi connectivity index (χ3n) is 4.71. The van der Waals surface area contributed by atoms with Gasteiger partial charge in [0.25, 0.3) is 0 Å². The molecule has 2 atom stereocenters. The Kier molecular flexibility index (Phi) is 12.0. The molecule has 9 heteroatoms. The first-order valence-corrected chi connectivity index (χ1v) is 12.4. The molecule has 0 heterocycles. The summed E-state index contributed by atoms with van der Waals surface area (Å²) in [6.07, 6.45) is 0.0118. The highest BCUT2D eigenvalue weighted by Gasteiger charge is 2.28. The van der Waals surface area contributed by atoms with Crippen molar-refractivity contribution < 1.29 is 28.8 Å². The predicted octanol–water partition coefficient (Wildman–Crippen LogP) is 5.04. The van der Waals surface area contributed by atoms with E-state index in [1.54, 1.807) is 19.2 Å².